The molecule has 0 radical (unpaired) electrons. The van der Waals surface area contributed by atoms with Crippen LogP contribution < -0.4 is 5.32 Å². The number of hydrogen-bond acceptors (Lipinski definition) is 6. The summed E-state index contributed by atoms with van der Waals surface area (Å²) in [5.74, 6) is 1.70. The van der Waals surface area contributed by atoms with Gasteiger partial charge in [-0.25, -0.2) is 4.98 Å². The molecule has 0 spiro atoms. The van der Waals surface area contributed by atoms with Gasteiger partial charge in [0.1, 0.15) is 11.6 Å². The second-order valence-corrected chi connectivity index (χ2v) is 10.2. The van der Waals surface area contributed by atoms with E-state index in [1.807, 2.05) is 0 Å². The lowest BCUT2D eigenvalue weighted by Crippen LogP contribution is -2.30. The Balaban J connectivity index is 1.10. The Morgan fingerprint density at radius 2 is 2.14 bits per heavy atom. The van der Waals surface area contributed by atoms with Crippen LogP contribution in [0.25, 0.3) is 0 Å². The Hall–Kier alpha value is -2.41. The third-order valence-corrected chi connectivity index (χ3v) is 7.71. The van der Waals surface area contributed by atoms with Gasteiger partial charge in [0.25, 0.3) is 0 Å². The second-order valence-electron chi connectivity index (χ2n) is 10.2. The fraction of sp³-hybridized carbons (Fsp3) is 0.552. The molecule has 6 heteroatoms. The summed E-state index contributed by atoms with van der Waals surface area (Å²) in [5, 5.41) is 14.0. The van der Waals surface area contributed by atoms with E-state index in [0.29, 0.717) is 5.92 Å². The molecular formula is C29H39N3O3. The topological polar surface area (TPSA) is 66.9 Å². The zero-order valence-electron chi connectivity index (χ0n) is 20.9. The van der Waals surface area contributed by atoms with Gasteiger partial charge >= 0.3 is 0 Å². The van der Waals surface area contributed by atoms with Crippen LogP contribution >= 0.6 is 0 Å². The van der Waals surface area contributed by atoms with Gasteiger partial charge in [-0.1, -0.05) is 36.9 Å². The van der Waals surface area contributed by atoms with Crippen molar-refractivity contribution >= 4 is 5.82 Å². The van der Waals surface area contributed by atoms with Crippen LogP contribution in [0.5, 0.6) is 0 Å². The molecule has 2 fully saturated rings. The van der Waals surface area contributed by atoms with E-state index in [4.69, 9.17) is 14.5 Å². The monoisotopic (exact) mass is 477 g/mol. The Labute approximate surface area is 209 Å². The number of rotatable bonds is 11. The van der Waals surface area contributed by atoms with E-state index < -0.39 is 0 Å². The molecule has 4 atom stereocenters. The van der Waals surface area contributed by atoms with Crippen LogP contribution in [0.2, 0.25) is 0 Å². The summed E-state index contributed by atoms with van der Waals surface area (Å²) in [6.07, 6.45) is 7.92. The first-order valence-corrected chi connectivity index (χ1v) is 13.2. The lowest BCUT2D eigenvalue weighted by Gasteiger charge is -2.29. The highest BCUT2D eigenvalue weighted by Crippen LogP contribution is 2.47. The number of fused-ring (bicyclic) bond motifs is 1. The molecule has 188 valence electrons. The van der Waals surface area contributed by atoms with E-state index in [2.05, 4.69) is 53.2 Å². The first-order chi connectivity index (χ1) is 17.1. The van der Waals surface area contributed by atoms with Gasteiger partial charge in [0, 0.05) is 45.0 Å². The van der Waals surface area contributed by atoms with Gasteiger partial charge < -0.3 is 19.9 Å². The molecule has 3 heterocycles. The summed E-state index contributed by atoms with van der Waals surface area (Å²) in [6.45, 7) is 7.44. The molecule has 2 N–H and O–H groups in total. The number of pyridine rings is 1. The van der Waals surface area contributed by atoms with Crippen LogP contribution in [0.15, 0.2) is 48.7 Å². The molecule has 0 bridgehead atoms. The molecule has 35 heavy (non-hydrogen) atoms. The fourth-order valence-corrected chi connectivity index (χ4v) is 5.73. The van der Waals surface area contributed by atoms with Crippen molar-refractivity contribution in [3.63, 3.8) is 0 Å². The van der Waals surface area contributed by atoms with Crippen molar-refractivity contribution in [2.45, 2.75) is 69.1 Å². The van der Waals surface area contributed by atoms with Crippen LogP contribution in [-0.4, -0.2) is 60.5 Å². The average Bonchev–Trinajstić information content (AvgIpc) is 3.53. The van der Waals surface area contributed by atoms with Gasteiger partial charge in [0.15, 0.2) is 0 Å². The smallest absolute Gasteiger partial charge is 0.129 e. The van der Waals surface area contributed by atoms with E-state index in [0.717, 1.165) is 76.1 Å². The number of nitrogens with one attached hydrogen (secondary N) is 1. The lowest BCUT2D eigenvalue weighted by molar-refractivity contribution is 0.0524. The highest BCUT2D eigenvalue weighted by atomic mass is 16.5. The normalized spacial score (nSPS) is 24.5. The first-order valence-electron chi connectivity index (χ1n) is 13.2. The maximum Gasteiger partial charge on any atom is 0.129 e. The van der Waals surface area contributed by atoms with Crippen molar-refractivity contribution in [2.24, 2.45) is 0 Å². The number of benzene rings is 1. The SMILES string of the molecule is C=C(O)[C@H](c1ccccc1C1C[C@@H]1OC)N1CC[C@@H](OCCCCc2ccc3c(n2)NCCC3)C1. The van der Waals surface area contributed by atoms with E-state index in [9.17, 15) is 5.11 Å². The van der Waals surface area contributed by atoms with Crippen molar-refractivity contribution in [1.82, 2.24) is 9.88 Å². The number of hydrogen-bond donors (Lipinski definition) is 2. The summed E-state index contributed by atoms with van der Waals surface area (Å²) >= 11 is 0. The van der Waals surface area contributed by atoms with E-state index in [1.54, 1.807) is 7.11 Å². The quantitative estimate of drug-likeness (QED) is 0.344. The van der Waals surface area contributed by atoms with Crippen LogP contribution in [0.3, 0.4) is 0 Å². The molecule has 2 aliphatic heterocycles. The maximum absolute atomic E-state index is 10.6. The Kier molecular flexibility index (Phi) is 7.71. The highest BCUT2D eigenvalue weighted by Gasteiger charge is 2.42. The average molecular weight is 478 g/mol. The molecule has 5 rings (SSSR count). The minimum absolute atomic E-state index is 0.193. The Morgan fingerprint density at radius 3 is 2.97 bits per heavy atom. The standard InChI is InChI=1S/C29H39N3O3/c1-20(33)28(25-11-4-3-10-24(25)26-18-27(26)34-2)32-16-14-23(19-32)35-17-6-5-9-22-13-12-21-8-7-15-30-29(21)31-22/h3-4,10-13,23,26-28,33H,1,5-9,14-19H2,2H3,(H,30,31)/t23-,26?,27+,28-/m1/s1. The predicted octanol–water partition coefficient (Wildman–Crippen LogP) is 5.17. The first kappa shape index (κ1) is 24.3. The van der Waals surface area contributed by atoms with Crippen LogP contribution in [0.4, 0.5) is 5.82 Å². The number of methoxy groups -OCH3 is 1. The largest absolute Gasteiger partial charge is 0.511 e. The van der Waals surface area contributed by atoms with Gasteiger partial charge in [-0.3, -0.25) is 4.90 Å². The second kappa shape index (κ2) is 11.1. The number of anilines is 1. The molecule has 1 aromatic heterocycles. The third kappa shape index (κ3) is 5.71. The molecule has 1 saturated heterocycles. The molecule has 1 saturated carbocycles. The number of ether oxygens (including phenoxy) is 2. The number of aryl methyl sites for hydroxylation is 2. The molecular weight excluding hydrogens is 438 g/mol. The number of aliphatic hydroxyl groups excluding tert-OH is 1. The zero-order valence-corrected chi connectivity index (χ0v) is 20.9. The van der Waals surface area contributed by atoms with Gasteiger partial charge in [0.2, 0.25) is 0 Å². The highest BCUT2D eigenvalue weighted by molar-refractivity contribution is 5.47. The minimum atomic E-state index is -0.193. The molecule has 2 aromatic rings. The third-order valence-electron chi connectivity index (χ3n) is 7.71. The van der Waals surface area contributed by atoms with Crippen LogP contribution in [0.1, 0.15) is 66.4 Å². The zero-order chi connectivity index (χ0) is 24.2. The summed E-state index contributed by atoms with van der Waals surface area (Å²) < 4.78 is 11.8. The number of nitrogens with zero attached hydrogens (tertiary/aromatic N) is 2. The summed E-state index contributed by atoms with van der Waals surface area (Å²) in [5.41, 5.74) is 4.93. The van der Waals surface area contributed by atoms with Gasteiger partial charge in [-0.05, 0) is 67.7 Å². The summed E-state index contributed by atoms with van der Waals surface area (Å²) in [7, 11) is 1.78. The molecule has 1 aliphatic carbocycles. The van der Waals surface area contributed by atoms with Crippen molar-refractivity contribution < 1.29 is 14.6 Å². The van der Waals surface area contributed by atoms with Crippen molar-refractivity contribution in [3.05, 3.63) is 71.1 Å². The summed E-state index contributed by atoms with van der Waals surface area (Å²) in [6, 6.07) is 12.6. The van der Waals surface area contributed by atoms with Crippen LogP contribution in [-0.2, 0) is 22.3 Å². The Morgan fingerprint density at radius 1 is 1.26 bits per heavy atom. The van der Waals surface area contributed by atoms with Gasteiger partial charge in [0.05, 0.1) is 18.2 Å². The number of likely N-dealkylation sites (tertiary alicyclic amines) is 1. The van der Waals surface area contributed by atoms with E-state index in [-0.39, 0.29) is 24.0 Å². The molecule has 3 aliphatic rings. The fourth-order valence-electron chi connectivity index (χ4n) is 5.73. The van der Waals surface area contributed by atoms with E-state index >= 15 is 0 Å². The predicted molar refractivity (Wildman–Crippen MR) is 139 cm³/mol. The summed E-state index contributed by atoms with van der Waals surface area (Å²) in [4.78, 5) is 7.12. The van der Waals surface area contributed by atoms with Crippen LogP contribution in [0, 0.1) is 0 Å². The van der Waals surface area contributed by atoms with Gasteiger partial charge in [-0.15, -0.1) is 0 Å². The number of unbranched alkanes of at least 4 members (excludes halogenated alkanes) is 1. The molecule has 1 unspecified atom stereocenters. The van der Waals surface area contributed by atoms with Crippen molar-refractivity contribution in [3.8, 4) is 0 Å². The van der Waals surface area contributed by atoms with Crippen molar-refractivity contribution in [1.29, 1.82) is 0 Å². The number of aliphatic hydroxyl groups is 1. The molecule has 1 aromatic carbocycles. The minimum Gasteiger partial charge on any atom is -0.511 e. The van der Waals surface area contributed by atoms with E-state index in [1.165, 1.54) is 23.2 Å². The number of aromatic nitrogens is 1. The maximum atomic E-state index is 10.6. The van der Waals surface area contributed by atoms with Crippen molar-refractivity contribution in [2.75, 3.05) is 38.7 Å². The Bertz CT molecular complexity index is 1030. The molecule has 0 amide bonds. The lowest BCUT2D eigenvalue weighted by atomic mass is 9.95. The molecule has 6 nitrogen and oxygen atoms in total. The van der Waals surface area contributed by atoms with Gasteiger partial charge in [-0.2, -0.15) is 0 Å².